The molecule has 1 aliphatic carbocycles. The number of rotatable bonds is 0. The first-order valence-corrected chi connectivity index (χ1v) is 4.87. The maximum Gasteiger partial charge on any atom is 0.0730 e. The fraction of sp³-hybridized carbons (Fsp3) is 0. The molecule has 0 atom stereocenters. The summed E-state index contributed by atoms with van der Waals surface area (Å²) >= 11 is 5.10. The van der Waals surface area contributed by atoms with Crippen molar-refractivity contribution in [2.45, 2.75) is 0 Å². The molecule has 0 spiro atoms. The van der Waals surface area contributed by atoms with E-state index in [9.17, 15) is 0 Å². The van der Waals surface area contributed by atoms with E-state index in [1.54, 1.807) is 0 Å². The molecule has 1 nitrogen and oxygen atoms in total. The van der Waals surface area contributed by atoms with Gasteiger partial charge in [-0.15, -0.1) is 0 Å². The highest BCUT2D eigenvalue weighted by molar-refractivity contribution is 7.81. The van der Waals surface area contributed by atoms with Crippen LogP contribution in [0.5, 0.6) is 0 Å². The van der Waals surface area contributed by atoms with E-state index in [0.29, 0.717) is 0 Å². The molecule has 0 N–H and O–H groups in total. The molecule has 0 bridgehead atoms. The van der Waals surface area contributed by atoms with Crippen LogP contribution in [0, 0.1) is 0 Å². The topological polar surface area (TPSA) is 12.4 Å². The van der Waals surface area contributed by atoms with Crippen molar-refractivity contribution in [3.63, 3.8) is 0 Å². The maximum absolute atomic E-state index is 5.10. The molecule has 1 heterocycles. The molecule has 1 aromatic carbocycles. The molecule has 0 saturated heterocycles. The number of fused-ring (bicyclic) bond motifs is 2. The molecule has 1 aromatic rings. The van der Waals surface area contributed by atoms with Gasteiger partial charge in [-0.25, -0.2) is 4.99 Å². The predicted octanol–water partition coefficient (Wildman–Crippen LogP) is 1.29. The minimum absolute atomic E-state index is 0.848. The van der Waals surface area contributed by atoms with Crippen molar-refractivity contribution in [3.05, 3.63) is 58.8 Å². The smallest absolute Gasteiger partial charge is 0.0730 e. The van der Waals surface area contributed by atoms with E-state index >= 15 is 0 Å². The molecule has 3 rings (SSSR count). The molecule has 0 unspecified atom stereocenters. The van der Waals surface area contributed by atoms with Crippen LogP contribution in [0.1, 0.15) is 0 Å². The Balaban J connectivity index is 2.45. The summed E-state index contributed by atoms with van der Waals surface area (Å²) in [6.07, 6.45) is 5.95. The van der Waals surface area contributed by atoms with Crippen molar-refractivity contribution in [1.29, 1.82) is 0 Å². The Hall–Kier alpha value is -1.54. The summed E-state index contributed by atoms with van der Waals surface area (Å²) in [7, 11) is 0. The molecule has 2 heteroatoms. The van der Waals surface area contributed by atoms with Gasteiger partial charge >= 0.3 is 0 Å². The molecule has 2 aliphatic rings. The number of nitrogens with zero attached hydrogens (tertiary/aromatic N) is 1. The van der Waals surface area contributed by atoms with Gasteiger partial charge in [0.15, 0.2) is 0 Å². The highest BCUT2D eigenvalue weighted by Crippen LogP contribution is 2.19. The predicted molar refractivity (Wildman–Crippen MR) is 60.5 cm³/mol. The van der Waals surface area contributed by atoms with Crippen molar-refractivity contribution >= 4 is 22.7 Å². The zero-order valence-electron chi connectivity index (χ0n) is 7.40. The quantitative estimate of drug-likeness (QED) is 0.571. The van der Waals surface area contributed by atoms with Crippen LogP contribution in [-0.4, -0.2) is 4.86 Å². The highest BCUT2D eigenvalue weighted by Gasteiger charge is 2.12. The van der Waals surface area contributed by atoms with Gasteiger partial charge in [0.05, 0.1) is 11.1 Å². The molecule has 0 radical (unpaired) electrons. The summed E-state index contributed by atoms with van der Waals surface area (Å²) in [5.74, 6) is 0. The van der Waals surface area contributed by atoms with E-state index in [1.807, 2.05) is 36.4 Å². The monoisotopic (exact) mass is 197 g/mol. The first kappa shape index (κ1) is 7.83. The van der Waals surface area contributed by atoms with E-state index in [0.717, 1.165) is 15.9 Å². The third kappa shape index (κ3) is 1.01. The maximum atomic E-state index is 5.10. The lowest BCUT2D eigenvalue weighted by Gasteiger charge is -2.02. The second-order valence-corrected chi connectivity index (χ2v) is 3.78. The number of benzene rings is 1. The molecule has 0 aromatic heterocycles. The fourth-order valence-corrected chi connectivity index (χ4v) is 1.94. The Morgan fingerprint density at radius 3 is 2.86 bits per heavy atom. The van der Waals surface area contributed by atoms with Crippen molar-refractivity contribution in [1.82, 2.24) is 0 Å². The average molecular weight is 197 g/mol. The fourth-order valence-electron chi connectivity index (χ4n) is 1.76. The van der Waals surface area contributed by atoms with Gasteiger partial charge in [-0.2, -0.15) is 0 Å². The Labute approximate surface area is 86.8 Å². The second kappa shape index (κ2) is 2.72. The summed E-state index contributed by atoms with van der Waals surface area (Å²) in [6, 6.07) is 8.15. The van der Waals surface area contributed by atoms with Crippen LogP contribution >= 0.6 is 12.2 Å². The first-order valence-electron chi connectivity index (χ1n) is 4.47. The van der Waals surface area contributed by atoms with Crippen LogP contribution < -0.4 is 10.6 Å². The number of thiocarbonyl (C=S) groups is 1. The van der Waals surface area contributed by atoms with Gasteiger partial charge in [0.25, 0.3) is 0 Å². The van der Waals surface area contributed by atoms with Crippen LogP contribution in [-0.2, 0) is 0 Å². The van der Waals surface area contributed by atoms with Crippen molar-refractivity contribution in [2.75, 3.05) is 0 Å². The van der Waals surface area contributed by atoms with Crippen LogP contribution in [0.2, 0.25) is 0 Å². The Kier molecular flexibility index (Phi) is 1.52. The molecule has 66 valence electrons. The van der Waals surface area contributed by atoms with E-state index in [-0.39, 0.29) is 0 Å². The van der Waals surface area contributed by atoms with Gasteiger partial charge in [0.2, 0.25) is 0 Å². The van der Waals surface area contributed by atoms with Gasteiger partial charge in [-0.1, -0.05) is 36.5 Å². The van der Waals surface area contributed by atoms with E-state index < -0.39 is 0 Å². The average Bonchev–Trinajstić information content (AvgIpc) is 2.54. The number of para-hydroxylation sites is 1. The summed E-state index contributed by atoms with van der Waals surface area (Å²) in [5.41, 5.74) is 2.19. The van der Waals surface area contributed by atoms with E-state index in [2.05, 4.69) is 11.1 Å². The normalized spacial score (nSPS) is 17.3. The summed E-state index contributed by atoms with van der Waals surface area (Å²) in [4.78, 5) is 5.36. The highest BCUT2D eigenvalue weighted by atomic mass is 32.1. The summed E-state index contributed by atoms with van der Waals surface area (Å²) < 4.78 is 0. The minimum atomic E-state index is 0.848. The Morgan fingerprint density at radius 1 is 1.07 bits per heavy atom. The van der Waals surface area contributed by atoms with Gasteiger partial charge in [-0.05, 0) is 18.2 Å². The Morgan fingerprint density at radius 2 is 1.93 bits per heavy atom. The third-order valence-electron chi connectivity index (χ3n) is 2.40. The lowest BCUT2D eigenvalue weighted by molar-refractivity contribution is 1.32. The molecule has 14 heavy (non-hydrogen) atoms. The SMILES string of the molecule is S=C1C=CC2=c3ccccc3=NC2=C1. The number of hydrogen-bond donors (Lipinski definition) is 0. The van der Waals surface area contributed by atoms with Crippen molar-refractivity contribution in [2.24, 2.45) is 4.99 Å². The minimum Gasteiger partial charge on any atom is -0.248 e. The van der Waals surface area contributed by atoms with E-state index in [4.69, 9.17) is 12.2 Å². The van der Waals surface area contributed by atoms with Gasteiger partial charge in [0, 0.05) is 15.7 Å². The molecular formula is C12H7NS. The lowest BCUT2D eigenvalue weighted by atomic mass is 10.1. The molecule has 0 amide bonds. The van der Waals surface area contributed by atoms with Crippen molar-refractivity contribution in [3.8, 4) is 0 Å². The first-order chi connectivity index (χ1) is 6.84. The molecular weight excluding hydrogens is 190 g/mol. The lowest BCUT2D eigenvalue weighted by Crippen LogP contribution is -2.21. The number of hydrogen-bond acceptors (Lipinski definition) is 2. The third-order valence-corrected chi connectivity index (χ3v) is 2.66. The van der Waals surface area contributed by atoms with Crippen LogP contribution in [0.25, 0.3) is 5.57 Å². The molecule has 0 saturated carbocycles. The zero-order chi connectivity index (χ0) is 9.54. The van der Waals surface area contributed by atoms with Gasteiger partial charge in [0.1, 0.15) is 0 Å². The van der Waals surface area contributed by atoms with Gasteiger partial charge in [-0.3, -0.25) is 0 Å². The van der Waals surface area contributed by atoms with Crippen molar-refractivity contribution < 1.29 is 0 Å². The van der Waals surface area contributed by atoms with Gasteiger partial charge < -0.3 is 0 Å². The van der Waals surface area contributed by atoms with Crippen LogP contribution in [0.3, 0.4) is 0 Å². The molecule has 1 aliphatic heterocycles. The standard InChI is InChI=1S/C12H7NS/c14-8-5-6-10-9-3-1-2-4-11(9)13-12(10)7-8/h1-7H. The Bertz CT molecular complexity index is 605. The number of allylic oxidation sites excluding steroid dienone is 3. The summed E-state index contributed by atoms with van der Waals surface area (Å²) in [6.45, 7) is 0. The van der Waals surface area contributed by atoms with Crippen LogP contribution in [0.4, 0.5) is 0 Å². The molecule has 0 fully saturated rings. The largest absolute Gasteiger partial charge is 0.248 e. The summed E-state index contributed by atoms with van der Waals surface area (Å²) in [5, 5.41) is 2.25. The van der Waals surface area contributed by atoms with E-state index in [1.165, 1.54) is 10.8 Å². The van der Waals surface area contributed by atoms with Crippen LogP contribution in [0.15, 0.2) is 53.2 Å². The zero-order valence-corrected chi connectivity index (χ0v) is 8.21. The second-order valence-electron chi connectivity index (χ2n) is 3.31.